The minimum absolute atomic E-state index is 0. The van der Waals surface area contributed by atoms with Crippen molar-refractivity contribution in [1.82, 2.24) is 0 Å². The maximum atomic E-state index is 4.88. The molecule has 173 valence electrons. The molecule has 4 heteroatoms. The third-order valence-corrected chi connectivity index (χ3v) is 5.13. The van der Waals surface area contributed by atoms with Crippen LogP contribution in [0.4, 0.5) is 0 Å². The molecule has 0 fully saturated rings. The zero-order chi connectivity index (χ0) is 22.7. The van der Waals surface area contributed by atoms with E-state index in [1.807, 2.05) is 57.2 Å². The number of benzene rings is 3. The monoisotopic (exact) mass is 468 g/mol. The van der Waals surface area contributed by atoms with Crippen molar-refractivity contribution in [2.45, 2.75) is 41.5 Å². The molecule has 0 saturated heterocycles. The van der Waals surface area contributed by atoms with Crippen molar-refractivity contribution in [2.75, 3.05) is 0 Å². The minimum Gasteiger partial charge on any atom is -0.665 e. The van der Waals surface area contributed by atoms with Gasteiger partial charge >= 0.3 is 0 Å². The summed E-state index contributed by atoms with van der Waals surface area (Å²) in [6.07, 6.45) is 0. The van der Waals surface area contributed by atoms with E-state index < -0.39 is 0 Å². The third-order valence-electron chi connectivity index (χ3n) is 5.13. The van der Waals surface area contributed by atoms with Gasteiger partial charge in [0.1, 0.15) is 0 Å². The fraction of sp³-hybridized carbons (Fsp3) is 0.222. The average Bonchev–Trinajstić information content (AvgIpc) is 2.75. The smallest absolute Gasteiger partial charge is 0.0875 e. The molecule has 0 aliphatic rings. The molecule has 0 N–H and O–H groups in total. The predicted molar refractivity (Wildman–Crippen MR) is 126 cm³/mol. The van der Waals surface area contributed by atoms with Crippen molar-refractivity contribution < 1.29 is 31.3 Å². The van der Waals surface area contributed by atoms with Gasteiger partial charge in [-0.1, -0.05) is 36.4 Å². The van der Waals surface area contributed by atoms with Gasteiger partial charge in [-0.3, -0.25) is 0 Å². The summed E-state index contributed by atoms with van der Waals surface area (Å²) in [5.74, 6) is 2.58. The van der Waals surface area contributed by atoms with E-state index in [4.69, 9.17) is 14.2 Å². The molecule has 0 atom stereocenters. The van der Waals surface area contributed by atoms with Crippen LogP contribution in [0, 0.1) is 62.9 Å². The van der Waals surface area contributed by atoms with E-state index in [1.54, 1.807) is 0 Å². The fourth-order valence-corrected chi connectivity index (χ4v) is 2.64. The summed E-state index contributed by atoms with van der Waals surface area (Å²) < 4.78 is 14.6. The Labute approximate surface area is 199 Å². The molecule has 3 aromatic carbocycles. The van der Waals surface area contributed by atoms with Crippen LogP contribution in [-0.2, 0) is 17.1 Å². The van der Waals surface area contributed by atoms with Crippen molar-refractivity contribution in [2.24, 2.45) is 0 Å². The maximum Gasteiger partial charge on any atom is 0.0875 e. The van der Waals surface area contributed by atoms with Crippen LogP contribution < -0.4 is 14.2 Å². The van der Waals surface area contributed by atoms with Crippen LogP contribution in [-0.4, -0.2) is 0 Å². The Morgan fingerprint density at radius 3 is 0.839 bits per heavy atom. The van der Waals surface area contributed by atoms with Crippen LogP contribution >= 0.6 is 0 Å². The fourth-order valence-electron chi connectivity index (χ4n) is 2.64. The molecule has 0 aromatic heterocycles. The molecular weight excluding hydrogens is 436 g/mol. The number of hydrogen-bond acceptors (Lipinski definition) is 3. The van der Waals surface area contributed by atoms with Gasteiger partial charge in [0.15, 0.2) is 0 Å². The number of ether oxygens (including phenoxy) is 3. The summed E-state index contributed by atoms with van der Waals surface area (Å²) in [6, 6.07) is 17.8. The molecule has 0 aliphatic heterocycles. The Balaban J connectivity index is 0.000000429. The minimum atomic E-state index is 0. The van der Waals surface area contributed by atoms with Crippen LogP contribution in [0.15, 0.2) is 54.6 Å². The van der Waals surface area contributed by atoms with Crippen molar-refractivity contribution in [3.63, 3.8) is 0 Å². The van der Waals surface area contributed by atoms with Crippen molar-refractivity contribution in [3.8, 4) is 17.2 Å². The molecule has 0 heterocycles. The molecule has 3 aromatic rings. The average molecular weight is 469 g/mol. The van der Waals surface area contributed by atoms with Gasteiger partial charge in [0.05, 0.1) is 17.2 Å². The van der Waals surface area contributed by atoms with Gasteiger partial charge in [-0.2, -0.15) is 21.3 Å². The summed E-state index contributed by atoms with van der Waals surface area (Å²) in [5, 5.41) is 0. The van der Waals surface area contributed by atoms with Crippen LogP contribution in [0.3, 0.4) is 0 Å². The van der Waals surface area contributed by atoms with Crippen LogP contribution in [0.25, 0.3) is 0 Å². The van der Waals surface area contributed by atoms with Gasteiger partial charge in [-0.15, -0.1) is 0 Å². The third kappa shape index (κ3) is 8.69. The van der Waals surface area contributed by atoms with Crippen LogP contribution in [0.1, 0.15) is 33.4 Å². The van der Waals surface area contributed by atoms with Gasteiger partial charge < -0.3 is 14.2 Å². The Morgan fingerprint density at radius 1 is 0.452 bits per heavy atom. The Bertz CT molecular complexity index is 813. The standard InChI is InChI=1S/3C9H11O.Cu/c3*1-7-5-4-6-9(10-3)8(7)2;/h3*4-6H,3H2,1-2H3;/q3*-1;. The number of aryl methyl sites for hydroxylation is 3. The molecule has 0 unspecified atom stereocenters. The van der Waals surface area contributed by atoms with Gasteiger partial charge in [-0.25, -0.2) is 0 Å². The van der Waals surface area contributed by atoms with Crippen molar-refractivity contribution in [3.05, 3.63) is 109 Å². The topological polar surface area (TPSA) is 27.7 Å². The second-order valence-corrected chi connectivity index (χ2v) is 7.03. The predicted octanol–water partition coefficient (Wildman–Crippen LogP) is 7.42. The first-order valence-corrected chi connectivity index (χ1v) is 9.71. The summed E-state index contributed by atoms with van der Waals surface area (Å²) in [6.45, 7) is 12.2. The van der Waals surface area contributed by atoms with Gasteiger partial charge in [0, 0.05) is 17.1 Å². The Hall–Kier alpha value is -2.42. The molecule has 0 amide bonds. The molecule has 3 nitrogen and oxygen atoms in total. The number of rotatable bonds is 3. The molecule has 31 heavy (non-hydrogen) atoms. The summed E-state index contributed by atoms with van der Waals surface area (Å²) in [7, 11) is 10.1. The van der Waals surface area contributed by atoms with Crippen molar-refractivity contribution >= 4 is 0 Å². The number of hydrogen-bond donors (Lipinski definition) is 0. The van der Waals surface area contributed by atoms with Crippen molar-refractivity contribution in [1.29, 1.82) is 0 Å². The van der Waals surface area contributed by atoms with E-state index in [9.17, 15) is 0 Å². The van der Waals surface area contributed by atoms with E-state index in [1.165, 1.54) is 16.7 Å². The first-order valence-electron chi connectivity index (χ1n) is 9.71. The molecule has 0 bridgehead atoms. The first kappa shape index (κ1) is 28.6. The maximum absolute atomic E-state index is 4.88. The second-order valence-electron chi connectivity index (χ2n) is 7.03. The van der Waals surface area contributed by atoms with E-state index >= 15 is 0 Å². The second kappa shape index (κ2) is 14.6. The zero-order valence-electron chi connectivity index (χ0n) is 19.3. The summed E-state index contributed by atoms with van der Waals surface area (Å²) >= 11 is 0. The largest absolute Gasteiger partial charge is 0.665 e. The Morgan fingerprint density at radius 2 is 0.677 bits per heavy atom. The van der Waals surface area contributed by atoms with E-state index in [0.29, 0.717) is 0 Å². The quantitative estimate of drug-likeness (QED) is 0.295. The molecule has 0 saturated carbocycles. The normalized spacial score (nSPS) is 9.19. The van der Waals surface area contributed by atoms with E-state index in [-0.39, 0.29) is 17.1 Å². The van der Waals surface area contributed by atoms with E-state index in [0.717, 1.165) is 33.9 Å². The zero-order valence-corrected chi connectivity index (χ0v) is 20.3. The van der Waals surface area contributed by atoms with Gasteiger partial charge in [-0.05, 0) is 93.1 Å². The van der Waals surface area contributed by atoms with Gasteiger partial charge in [0.2, 0.25) is 0 Å². The Kier molecular flexibility index (Phi) is 13.4. The first-order chi connectivity index (χ1) is 14.3. The van der Waals surface area contributed by atoms with E-state index in [2.05, 4.69) is 60.3 Å². The SMILES string of the molecule is [CH2-]Oc1cccc(C)c1C.[CH2-]Oc1cccc(C)c1C.[CH2-]Oc1cccc(C)c1C.[Cu]. The van der Waals surface area contributed by atoms with Crippen LogP contribution in [0.2, 0.25) is 0 Å². The van der Waals surface area contributed by atoms with Gasteiger partial charge in [0.25, 0.3) is 0 Å². The summed E-state index contributed by atoms with van der Waals surface area (Å²) in [4.78, 5) is 0. The van der Waals surface area contributed by atoms with Crippen LogP contribution in [0.5, 0.6) is 17.2 Å². The molecule has 3 rings (SSSR count). The molecular formula is C27H33CuO3-3. The molecule has 0 aliphatic carbocycles. The molecule has 1 radical (unpaired) electrons. The summed E-state index contributed by atoms with van der Waals surface area (Å²) in [5.41, 5.74) is 7.20. The molecule has 0 spiro atoms.